The monoisotopic (exact) mass is 269 g/mol. The van der Waals surface area contributed by atoms with Crippen LogP contribution in [0.4, 0.5) is 0 Å². The predicted molar refractivity (Wildman–Crippen MR) is 76.5 cm³/mol. The molecule has 0 radical (unpaired) electrons. The van der Waals surface area contributed by atoms with Gasteiger partial charge in [-0.1, -0.05) is 18.9 Å². The molecule has 100 valence electrons. The van der Waals surface area contributed by atoms with E-state index < -0.39 is 0 Å². The van der Waals surface area contributed by atoms with Crippen LogP contribution in [0.3, 0.4) is 0 Å². The molecular formula is C14H20ClNO2. The molecule has 1 atom stereocenters. The van der Waals surface area contributed by atoms with Crippen molar-refractivity contribution in [3.8, 4) is 23.8 Å². The summed E-state index contributed by atoms with van der Waals surface area (Å²) in [5, 5.41) is 0. The zero-order valence-corrected chi connectivity index (χ0v) is 11.6. The molecule has 0 bridgehead atoms. The molecule has 18 heavy (non-hydrogen) atoms. The van der Waals surface area contributed by atoms with Crippen molar-refractivity contribution in [1.82, 2.24) is 0 Å². The SMILES string of the molecule is C#CCOc1ccc(CC(N)CC)cc1OC.Cl. The van der Waals surface area contributed by atoms with E-state index in [-0.39, 0.29) is 25.1 Å². The summed E-state index contributed by atoms with van der Waals surface area (Å²) in [6, 6.07) is 5.98. The third-order valence-corrected chi connectivity index (χ3v) is 2.56. The van der Waals surface area contributed by atoms with Crippen LogP contribution in [0.25, 0.3) is 0 Å². The highest BCUT2D eigenvalue weighted by molar-refractivity contribution is 5.85. The van der Waals surface area contributed by atoms with Gasteiger partial charge in [0.2, 0.25) is 0 Å². The standard InChI is InChI=1S/C14H19NO2.ClH/c1-4-8-17-13-7-6-11(9-12(15)5-2)10-14(13)16-3;/h1,6-7,10,12H,5,8-9,15H2,2-3H3;1H. The second kappa shape index (κ2) is 8.68. The quantitative estimate of drug-likeness (QED) is 0.807. The Labute approximate surface area is 115 Å². The third kappa shape index (κ3) is 4.87. The highest BCUT2D eigenvalue weighted by Gasteiger charge is 2.07. The lowest BCUT2D eigenvalue weighted by atomic mass is 10.0. The number of methoxy groups -OCH3 is 1. The van der Waals surface area contributed by atoms with Crippen molar-refractivity contribution < 1.29 is 9.47 Å². The summed E-state index contributed by atoms with van der Waals surface area (Å²) in [6.45, 7) is 2.32. The van der Waals surface area contributed by atoms with E-state index in [1.807, 2.05) is 18.2 Å². The van der Waals surface area contributed by atoms with Gasteiger partial charge in [-0.15, -0.1) is 18.8 Å². The maximum atomic E-state index is 5.92. The summed E-state index contributed by atoms with van der Waals surface area (Å²) in [4.78, 5) is 0. The molecule has 0 heterocycles. The van der Waals surface area contributed by atoms with E-state index in [9.17, 15) is 0 Å². The Bertz CT molecular complexity index is 401. The molecule has 1 rings (SSSR count). The lowest BCUT2D eigenvalue weighted by Gasteiger charge is -2.12. The molecule has 0 fully saturated rings. The van der Waals surface area contributed by atoms with Gasteiger partial charge < -0.3 is 15.2 Å². The number of halogens is 1. The first-order valence-corrected chi connectivity index (χ1v) is 5.70. The van der Waals surface area contributed by atoms with Crippen molar-refractivity contribution in [1.29, 1.82) is 0 Å². The van der Waals surface area contributed by atoms with Gasteiger partial charge in [-0.05, 0) is 30.5 Å². The topological polar surface area (TPSA) is 44.5 Å². The van der Waals surface area contributed by atoms with Crippen LogP contribution in [0.15, 0.2) is 18.2 Å². The van der Waals surface area contributed by atoms with Crippen molar-refractivity contribution in [2.45, 2.75) is 25.8 Å². The fraction of sp³-hybridized carbons (Fsp3) is 0.429. The van der Waals surface area contributed by atoms with E-state index in [0.717, 1.165) is 18.4 Å². The number of rotatable bonds is 6. The van der Waals surface area contributed by atoms with Crippen molar-refractivity contribution in [2.75, 3.05) is 13.7 Å². The largest absolute Gasteiger partial charge is 0.493 e. The molecular weight excluding hydrogens is 250 g/mol. The van der Waals surface area contributed by atoms with E-state index in [4.69, 9.17) is 21.6 Å². The number of hydrogen-bond acceptors (Lipinski definition) is 3. The molecule has 3 nitrogen and oxygen atoms in total. The second-order valence-corrected chi connectivity index (χ2v) is 3.85. The molecule has 2 N–H and O–H groups in total. The average molecular weight is 270 g/mol. The maximum absolute atomic E-state index is 5.92. The van der Waals surface area contributed by atoms with Crippen LogP contribution in [0.5, 0.6) is 11.5 Å². The molecule has 0 aliphatic heterocycles. The summed E-state index contributed by atoms with van der Waals surface area (Å²) < 4.78 is 10.6. The average Bonchev–Trinajstić information content (AvgIpc) is 2.36. The maximum Gasteiger partial charge on any atom is 0.162 e. The fourth-order valence-corrected chi connectivity index (χ4v) is 1.52. The van der Waals surface area contributed by atoms with E-state index in [0.29, 0.717) is 11.5 Å². The van der Waals surface area contributed by atoms with Gasteiger partial charge in [0.1, 0.15) is 6.61 Å². The number of hydrogen-bond donors (Lipinski definition) is 1. The molecule has 1 aromatic carbocycles. The predicted octanol–water partition coefficient (Wildman–Crippen LogP) is 2.41. The zero-order chi connectivity index (χ0) is 12.7. The van der Waals surface area contributed by atoms with Gasteiger partial charge in [0.05, 0.1) is 7.11 Å². The van der Waals surface area contributed by atoms with Gasteiger partial charge in [-0.3, -0.25) is 0 Å². The minimum Gasteiger partial charge on any atom is -0.493 e. The molecule has 0 saturated heterocycles. The Kier molecular flexibility index (Phi) is 8.02. The summed E-state index contributed by atoms with van der Waals surface area (Å²) in [5.41, 5.74) is 7.06. The van der Waals surface area contributed by atoms with Crippen molar-refractivity contribution in [2.24, 2.45) is 5.73 Å². The molecule has 0 aliphatic rings. The molecule has 4 heteroatoms. The first kappa shape index (κ1) is 16.6. The fourth-order valence-electron chi connectivity index (χ4n) is 1.52. The highest BCUT2D eigenvalue weighted by Crippen LogP contribution is 2.28. The molecule has 0 aliphatic carbocycles. The molecule has 0 amide bonds. The lowest BCUT2D eigenvalue weighted by molar-refractivity contribution is 0.330. The van der Waals surface area contributed by atoms with Crippen molar-refractivity contribution in [3.05, 3.63) is 23.8 Å². The van der Waals surface area contributed by atoms with Gasteiger partial charge in [0.15, 0.2) is 11.5 Å². The Morgan fingerprint density at radius 2 is 2.11 bits per heavy atom. The third-order valence-electron chi connectivity index (χ3n) is 2.56. The van der Waals surface area contributed by atoms with Crippen LogP contribution >= 0.6 is 12.4 Å². The van der Waals surface area contributed by atoms with Crippen LogP contribution < -0.4 is 15.2 Å². The first-order chi connectivity index (χ1) is 8.21. The van der Waals surface area contributed by atoms with Gasteiger partial charge in [-0.25, -0.2) is 0 Å². The van der Waals surface area contributed by atoms with Gasteiger partial charge >= 0.3 is 0 Å². The summed E-state index contributed by atoms with van der Waals surface area (Å²) >= 11 is 0. The van der Waals surface area contributed by atoms with Crippen LogP contribution in [-0.4, -0.2) is 19.8 Å². The highest BCUT2D eigenvalue weighted by atomic mass is 35.5. The van der Waals surface area contributed by atoms with Crippen LogP contribution in [0, 0.1) is 12.3 Å². The molecule has 0 saturated carbocycles. The van der Waals surface area contributed by atoms with E-state index in [1.54, 1.807) is 7.11 Å². The Morgan fingerprint density at radius 1 is 1.39 bits per heavy atom. The number of ether oxygens (including phenoxy) is 2. The molecule has 1 unspecified atom stereocenters. The lowest BCUT2D eigenvalue weighted by Crippen LogP contribution is -2.21. The van der Waals surface area contributed by atoms with E-state index in [1.165, 1.54) is 0 Å². The van der Waals surface area contributed by atoms with Crippen molar-refractivity contribution >= 4 is 12.4 Å². The molecule has 1 aromatic rings. The number of nitrogens with two attached hydrogens (primary N) is 1. The number of benzene rings is 1. The smallest absolute Gasteiger partial charge is 0.162 e. The Hall–Kier alpha value is -1.37. The van der Waals surface area contributed by atoms with Gasteiger partial charge in [0.25, 0.3) is 0 Å². The van der Waals surface area contributed by atoms with Gasteiger partial charge in [-0.2, -0.15) is 0 Å². The van der Waals surface area contributed by atoms with E-state index in [2.05, 4.69) is 12.8 Å². The molecule has 0 aromatic heterocycles. The van der Waals surface area contributed by atoms with Crippen LogP contribution in [0.2, 0.25) is 0 Å². The summed E-state index contributed by atoms with van der Waals surface area (Å²) in [7, 11) is 1.61. The summed E-state index contributed by atoms with van der Waals surface area (Å²) in [5.74, 6) is 3.79. The molecule has 0 spiro atoms. The van der Waals surface area contributed by atoms with E-state index >= 15 is 0 Å². The van der Waals surface area contributed by atoms with Crippen LogP contribution in [-0.2, 0) is 6.42 Å². The Balaban J connectivity index is 0.00000289. The van der Waals surface area contributed by atoms with Crippen molar-refractivity contribution in [3.63, 3.8) is 0 Å². The number of terminal acetylenes is 1. The minimum atomic E-state index is 0. The summed E-state index contributed by atoms with van der Waals surface area (Å²) in [6.07, 6.45) is 6.94. The minimum absolute atomic E-state index is 0. The zero-order valence-electron chi connectivity index (χ0n) is 10.8. The Morgan fingerprint density at radius 3 is 2.67 bits per heavy atom. The first-order valence-electron chi connectivity index (χ1n) is 5.70. The second-order valence-electron chi connectivity index (χ2n) is 3.85. The normalized spacial score (nSPS) is 11.0. The van der Waals surface area contributed by atoms with Gasteiger partial charge in [0, 0.05) is 6.04 Å². The van der Waals surface area contributed by atoms with Crippen LogP contribution in [0.1, 0.15) is 18.9 Å².